The molecule has 0 amide bonds. The summed E-state index contributed by atoms with van der Waals surface area (Å²) in [5, 5.41) is 9.06. The number of rotatable bonds is 5. The highest BCUT2D eigenvalue weighted by Crippen LogP contribution is 2.35. The molecule has 2 aliphatic heterocycles. The Morgan fingerprint density at radius 2 is 1.69 bits per heavy atom. The number of hydrogen-bond donors (Lipinski definition) is 1. The van der Waals surface area contributed by atoms with Crippen LogP contribution in [0.2, 0.25) is 0 Å². The largest absolute Gasteiger partial charge is 0.328 e. The van der Waals surface area contributed by atoms with Crippen molar-refractivity contribution in [1.29, 1.82) is 0 Å². The molecule has 0 spiro atoms. The van der Waals surface area contributed by atoms with Gasteiger partial charge in [0, 0.05) is 50.7 Å². The quantitative estimate of drug-likeness (QED) is 0.833. The summed E-state index contributed by atoms with van der Waals surface area (Å²) in [5.74, 6) is 2.82. The van der Waals surface area contributed by atoms with E-state index in [-0.39, 0.29) is 0 Å². The molecule has 7 heteroatoms. The maximum atomic E-state index is 5.96. The van der Waals surface area contributed by atoms with Gasteiger partial charge in [-0.1, -0.05) is 0 Å². The molecule has 0 aromatic carbocycles. The Morgan fingerprint density at radius 1 is 1.00 bits per heavy atom. The Bertz CT molecular complexity index is 579. The summed E-state index contributed by atoms with van der Waals surface area (Å²) in [7, 11) is 2.24. The van der Waals surface area contributed by atoms with Gasteiger partial charge in [-0.3, -0.25) is 9.80 Å². The molecule has 1 aromatic rings. The smallest absolute Gasteiger partial charge is 0.147 e. The molecule has 3 heterocycles. The first-order valence-corrected chi connectivity index (χ1v) is 10.5. The third kappa shape index (κ3) is 3.81. The van der Waals surface area contributed by atoms with E-state index >= 15 is 0 Å². The summed E-state index contributed by atoms with van der Waals surface area (Å²) in [5.41, 5.74) is 5.96. The van der Waals surface area contributed by atoms with Crippen LogP contribution in [-0.4, -0.2) is 87.9 Å². The van der Waals surface area contributed by atoms with Gasteiger partial charge in [-0.05, 0) is 52.7 Å². The molecule has 2 N–H and O–H groups in total. The van der Waals surface area contributed by atoms with E-state index in [4.69, 9.17) is 5.73 Å². The van der Waals surface area contributed by atoms with Crippen LogP contribution in [0.5, 0.6) is 0 Å². The zero-order valence-corrected chi connectivity index (χ0v) is 16.5. The molecule has 0 unspecified atom stereocenters. The first-order chi connectivity index (χ1) is 12.6. The monoisotopic (exact) mass is 361 g/mol. The fourth-order valence-electron chi connectivity index (χ4n) is 4.83. The maximum absolute atomic E-state index is 5.96. The van der Waals surface area contributed by atoms with Crippen molar-refractivity contribution in [3.05, 3.63) is 11.6 Å². The minimum atomic E-state index is 0.359. The van der Waals surface area contributed by atoms with Crippen LogP contribution in [0.25, 0.3) is 0 Å². The zero-order valence-electron chi connectivity index (χ0n) is 16.5. The molecule has 0 radical (unpaired) electrons. The highest BCUT2D eigenvalue weighted by Gasteiger charge is 2.32. The minimum absolute atomic E-state index is 0.359. The Kier molecular flexibility index (Phi) is 5.59. The first-order valence-electron chi connectivity index (χ1n) is 10.5. The second-order valence-corrected chi connectivity index (χ2v) is 8.49. The molecular formula is C19H35N7. The maximum Gasteiger partial charge on any atom is 0.147 e. The SMILES string of the molecule is CCn1c(CN2CCN(C3CCN(C)CC3)CC2)nnc1C1CC(N)C1. The van der Waals surface area contributed by atoms with Crippen molar-refractivity contribution < 1.29 is 0 Å². The van der Waals surface area contributed by atoms with Gasteiger partial charge in [0.05, 0.1) is 6.54 Å². The number of piperazine rings is 1. The van der Waals surface area contributed by atoms with Crippen molar-refractivity contribution in [2.24, 2.45) is 5.73 Å². The van der Waals surface area contributed by atoms with Crippen molar-refractivity contribution in [1.82, 2.24) is 29.5 Å². The summed E-state index contributed by atoms with van der Waals surface area (Å²) >= 11 is 0. The van der Waals surface area contributed by atoms with Gasteiger partial charge in [0.2, 0.25) is 0 Å². The standard InChI is InChI=1S/C19H35N7/c1-3-26-18(21-22-19(26)15-12-16(20)13-15)14-24-8-10-25(11-9-24)17-4-6-23(2)7-5-17/h15-17H,3-14,20H2,1-2H3. The fourth-order valence-corrected chi connectivity index (χ4v) is 4.83. The molecule has 1 aromatic heterocycles. The van der Waals surface area contributed by atoms with Crippen LogP contribution in [0.1, 0.15) is 50.2 Å². The highest BCUT2D eigenvalue weighted by atomic mass is 15.3. The van der Waals surface area contributed by atoms with Gasteiger partial charge in [-0.25, -0.2) is 0 Å². The second-order valence-electron chi connectivity index (χ2n) is 8.49. The van der Waals surface area contributed by atoms with E-state index in [1.54, 1.807) is 0 Å². The normalized spacial score (nSPS) is 29.8. The van der Waals surface area contributed by atoms with Gasteiger partial charge in [0.25, 0.3) is 0 Å². The van der Waals surface area contributed by atoms with Crippen LogP contribution in [0, 0.1) is 0 Å². The van der Waals surface area contributed by atoms with Crippen LogP contribution in [-0.2, 0) is 13.1 Å². The van der Waals surface area contributed by atoms with E-state index in [1.807, 2.05) is 0 Å². The topological polar surface area (TPSA) is 66.5 Å². The molecular weight excluding hydrogens is 326 g/mol. The Labute approximate surface area is 157 Å². The van der Waals surface area contributed by atoms with Crippen molar-refractivity contribution >= 4 is 0 Å². The molecule has 7 nitrogen and oxygen atoms in total. The predicted octanol–water partition coefficient (Wildman–Crippen LogP) is 0.715. The Morgan fingerprint density at radius 3 is 2.31 bits per heavy atom. The molecule has 2 saturated heterocycles. The Hall–Kier alpha value is -1.02. The second kappa shape index (κ2) is 7.92. The van der Waals surface area contributed by atoms with E-state index in [0.29, 0.717) is 12.0 Å². The predicted molar refractivity (Wildman–Crippen MR) is 103 cm³/mol. The van der Waals surface area contributed by atoms with Gasteiger partial charge in [0.1, 0.15) is 11.6 Å². The number of nitrogens with two attached hydrogens (primary N) is 1. The van der Waals surface area contributed by atoms with Gasteiger partial charge in [-0.15, -0.1) is 10.2 Å². The molecule has 26 heavy (non-hydrogen) atoms. The van der Waals surface area contributed by atoms with E-state index in [2.05, 4.69) is 43.4 Å². The third-order valence-electron chi connectivity index (χ3n) is 6.69. The molecule has 1 aliphatic carbocycles. The number of likely N-dealkylation sites (tertiary alicyclic amines) is 1. The summed E-state index contributed by atoms with van der Waals surface area (Å²) in [4.78, 5) is 7.73. The van der Waals surface area contributed by atoms with Crippen LogP contribution in [0.15, 0.2) is 0 Å². The summed E-state index contributed by atoms with van der Waals surface area (Å²) < 4.78 is 2.33. The molecule has 1 saturated carbocycles. The molecule has 0 bridgehead atoms. The van der Waals surface area contributed by atoms with Crippen LogP contribution in [0.4, 0.5) is 0 Å². The molecule has 0 atom stereocenters. The van der Waals surface area contributed by atoms with Crippen LogP contribution >= 0.6 is 0 Å². The lowest BCUT2D eigenvalue weighted by Crippen LogP contribution is -2.52. The van der Waals surface area contributed by atoms with Crippen molar-refractivity contribution in [3.8, 4) is 0 Å². The highest BCUT2D eigenvalue weighted by molar-refractivity contribution is 5.08. The van der Waals surface area contributed by atoms with Crippen LogP contribution in [0.3, 0.4) is 0 Å². The van der Waals surface area contributed by atoms with Gasteiger partial charge < -0.3 is 15.2 Å². The lowest BCUT2D eigenvalue weighted by Gasteiger charge is -2.42. The first kappa shape index (κ1) is 18.3. The van der Waals surface area contributed by atoms with Crippen LogP contribution < -0.4 is 5.73 Å². The number of hydrogen-bond acceptors (Lipinski definition) is 6. The van der Waals surface area contributed by atoms with Crippen molar-refractivity contribution in [3.63, 3.8) is 0 Å². The van der Waals surface area contributed by atoms with E-state index in [1.165, 1.54) is 39.0 Å². The van der Waals surface area contributed by atoms with E-state index in [9.17, 15) is 0 Å². The van der Waals surface area contributed by atoms with Gasteiger partial charge in [0.15, 0.2) is 0 Å². The summed E-state index contributed by atoms with van der Waals surface area (Å²) in [6, 6.07) is 1.15. The zero-order chi connectivity index (χ0) is 18.1. The molecule has 3 fully saturated rings. The summed E-state index contributed by atoms with van der Waals surface area (Å²) in [6.45, 7) is 11.3. The fraction of sp³-hybridized carbons (Fsp3) is 0.895. The Balaban J connectivity index is 1.30. The van der Waals surface area contributed by atoms with Gasteiger partial charge >= 0.3 is 0 Å². The van der Waals surface area contributed by atoms with Gasteiger partial charge in [-0.2, -0.15) is 0 Å². The minimum Gasteiger partial charge on any atom is -0.328 e. The lowest BCUT2D eigenvalue weighted by atomic mass is 9.80. The number of nitrogens with zero attached hydrogens (tertiary/aromatic N) is 6. The number of piperidine rings is 1. The van der Waals surface area contributed by atoms with Crippen molar-refractivity contribution in [2.45, 2.75) is 63.7 Å². The molecule has 3 aliphatic rings. The average Bonchev–Trinajstić information content (AvgIpc) is 3.02. The third-order valence-corrected chi connectivity index (χ3v) is 6.69. The summed E-state index contributed by atoms with van der Waals surface area (Å²) in [6.07, 6.45) is 4.78. The molecule has 146 valence electrons. The van der Waals surface area contributed by atoms with E-state index in [0.717, 1.165) is 56.7 Å². The van der Waals surface area contributed by atoms with E-state index < -0.39 is 0 Å². The lowest BCUT2D eigenvalue weighted by molar-refractivity contribution is 0.0604. The van der Waals surface area contributed by atoms with Crippen molar-refractivity contribution in [2.75, 3.05) is 46.3 Å². The number of aromatic nitrogens is 3. The average molecular weight is 362 g/mol. The molecule has 4 rings (SSSR count).